The number of benzene rings is 2. The van der Waals surface area contributed by atoms with Gasteiger partial charge in [0, 0.05) is 6.42 Å². The normalized spacial score (nSPS) is 14.3. The van der Waals surface area contributed by atoms with Crippen LogP contribution in [-0.2, 0) is 6.54 Å². The van der Waals surface area contributed by atoms with Crippen LogP contribution < -0.4 is 4.90 Å². The molecule has 1 aliphatic rings. The summed E-state index contributed by atoms with van der Waals surface area (Å²) in [7, 11) is -6.00. The Kier molecular flexibility index (Phi) is 7.05. The molecule has 0 amide bonds. The maximum atomic E-state index is 9.75. The highest BCUT2D eigenvalue weighted by Crippen LogP contribution is 2.26. The molecule has 0 unspecified atom stereocenters. The van der Waals surface area contributed by atoms with Crippen LogP contribution in [0.15, 0.2) is 42.5 Å². The monoisotopic (exact) mass is 380 g/mol. The number of anilines is 1. The maximum Gasteiger partial charge on any atom is 0.673 e. The molecule has 2 nitrogen and oxygen atoms in total. The lowest BCUT2D eigenvalue weighted by Crippen LogP contribution is -2.36. The van der Waals surface area contributed by atoms with Crippen LogP contribution >= 0.6 is 0 Å². The van der Waals surface area contributed by atoms with Gasteiger partial charge in [-0.3, -0.25) is 4.58 Å². The molecule has 0 fully saturated rings. The van der Waals surface area contributed by atoms with Gasteiger partial charge in [0.05, 0.1) is 13.1 Å². The Morgan fingerprint density at radius 1 is 0.963 bits per heavy atom. The molecule has 0 bridgehead atoms. The number of nitrogens with zero attached hydrogens (tertiary/aromatic N) is 2. The topological polar surface area (TPSA) is 6.25 Å². The number of hydrogen-bond donors (Lipinski definition) is 0. The lowest BCUT2D eigenvalue weighted by atomic mass is 10.0. The molecule has 2 aromatic rings. The minimum atomic E-state index is -6.00. The van der Waals surface area contributed by atoms with Crippen molar-refractivity contribution in [2.75, 3.05) is 18.0 Å². The van der Waals surface area contributed by atoms with Crippen LogP contribution in [0.25, 0.3) is 0 Å². The fourth-order valence-electron chi connectivity index (χ4n) is 3.49. The highest BCUT2D eigenvalue weighted by molar-refractivity contribution is 6.50. The molecule has 0 aliphatic carbocycles. The van der Waals surface area contributed by atoms with E-state index in [1.807, 2.05) is 0 Å². The zero-order valence-electron chi connectivity index (χ0n) is 15.9. The van der Waals surface area contributed by atoms with Gasteiger partial charge in [-0.15, -0.1) is 0 Å². The molecular weight excluding hydrogens is 355 g/mol. The van der Waals surface area contributed by atoms with Crippen molar-refractivity contribution in [3.63, 3.8) is 0 Å². The van der Waals surface area contributed by atoms with Crippen molar-refractivity contribution in [3.8, 4) is 0 Å². The van der Waals surface area contributed by atoms with E-state index in [1.165, 1.54) is 34.4 Å². The summed E-state index contributed by atoms with van der Waals surface area (Å²) in [5, 5.41) is 0. The molecule has 0 saturated carbocycles. The highest BCUT2D eigenvalue weighted by atomic mass is 19.5. The molecule has 146 valence electrons. The third-order valence-corrected chi connectivity index (χ3v) is 4.30. The van der Waals surface area contributed by atoms with Gasteiger partial charge in [-0.1, -0.05) is 48.0 Å². The van der Waals surface area contributed by atoms with Crippen LogP contribution in [0.1, 0.15) is 28.7 Å². The molecule has 27 heavy (non-hydrogen) atoms. The predicted octanol–water partition coefficient (Wildman–Crippen LogP) is 5.36. The van der Waals surface area contributed by atoms with Crippen molar-refractivity contribution >= 4 is 19.3 Å². The molecular formula is C20H25BF4N2. The molecule has 3 rings (SSSR count). The number of hydrogen-bond acceptors (Lipinski definition) is 1. The van der Waals surface area contributed by atoms with Gasteiger partial charge in [-0.25, -0.2) is 4.90 Å². The Labute approximate surface area is 158 Å². The summed E-state index contributed by atoms with van der Waals surface area (Å²) in [6.07, 6.45) is 3.51. The van der Waals surface area contributed by atoms with E-state index in [9.17, 15) is 17.3 Å². The van der Waals surface area contributed by atoms with Crippen molar-refractivity contribution in [2.45, 2.75) is 33.7 Å². The van der Waals surface area contributed by atoms with Gasteiger partial charge >= 0.3 is 7.25 Å². The molecule has 1 aliphatic heterocycles. The van der Waals surface area contributed by atoms with Gasteiger partial charge in [0.15, 0.2) is 0 Å². The Balaban J connectivity index is 0.000000465. The predicted molar refractivity (Wildman–Crippen MR) is 104 cm³/mol. The molecule has 0 N–H and O–H groups in total. The van der Waals surface area contributed by atoms with Gasteiger partial charge < -0.3 is 17.3 Å². The second-order valence-corrected chi connectivity index (χ2v) is 6.86. The van der Waals surface area contributed by atoms with E-state index in [0.717, 1.165) is 19.6 Å². The fourth-order valence-corrected chi connectivity index (χ4v) is 3.49. The van der Waals surface area contributed by atoms with Crippen molar-refractivity contribution in [1.29, 1.82) is 0 Å². The summed E-state index contributed by atoms with van der Waals surface area (Å²) < 4.78 is 41.4. The summed E-state index contributed by atoms with van der Waals surface area (Å²) in [5.74, 6) is 0. The quantitative estimate of drug-likeness (QED) is 0.395. The average Bonchev–Trinajstić information content (AvgIpc) is 2.53. The van der Waals surface area contributed by atoms with E-state index in [4.69, 9.17) is 0 Å². The van der Waals surface area contributed by atoms with E-state index in [1.54, 1.807) is 0 Å². The van der Waals surface area contributed by atoms with Crippen molar-refractivity contribution in [2.24, 2.45) is 0 Å². The molecule has 0 atom stereocenters. The second kappa shape index (κ2) is 9.06. The van der Waals surface area contributed by atoms with Gasteiger partial charge in [0.1, 0.15) is 12.2 Å². The van der Waals surface area contributed by atoms with Gasteiger partial charge in [-0.2, -0.15) is 0 Å². The summed E-state index contributed by atoms with van der Waals surface area (Å²) in [5.41, 5.74) is 6.84. The van der Waals surface area contributed by atoms with Crippen LogP contribution in [0.4, 0.5) is 23.0 Å². The Bertz CT molecular complexity index is 759. The molecule has 0 spiro atoms. The van der Waals surface area contributed by atoms with Crippen molar-refractivity contribution in [1.82, 2.24) is 0 Å². The van der Waals surface area contributed by atoms with Gasteiger partial charge in [0.25, 0.3) is 0 Å². The standard InChI is InChI=1S/C20H25N2.BF4/c1-16-12-17(2)20(18(3)13-16)22-11-7-10-21(15-22)14-19-8-5-4-6-9-19;2-1(3,4)5/h4-6,8-9,12-13,15H,7,10-11,14H2,1-3H3;/q+1;-1. The second-order valence-electron chi connectivity index (χ2n) is 6.86. The van der Waals surface area contributed by atoms with Crippen LogP contribution in [0.3, 0.4) is 0 Å². The smallest absolute Gasteiger partial charge is 0.418 e. The van der Waals surface area contributed by atoms with Crippen LogP contribution in [0.5, 0.6) is 0 Å². The zero-order valence-corrected chi connectivity index (χ0v) is 15.9. The SMILES string of the molecule is Cc1cc(C)c(N2C=[N+](Cc3ccccc3)CCC2)c(C)c1.F[B-](F)(F)F. The fraction of sp³-hybridized carbons (Fsp3) is 0.350. The molecule has 0 aromatic heterocycles. The molecule has 1 heterocycles. The van der Waals surface area contributed by atoms with Gasteiger partial charge in [0.2, 0.25) is 6.34 Å². The summed E-state index contributed by atoms with van der Waals surface area (Å²) in [6.45, 7) is 9.84. The molecule has 7 heteroatoms. The third kappa shape index (κ3) is 7.08. The third-order valence-electron chi connectivity index (χ3n) is 4.30. The van der Waals surface area contributed by atoms with Crippen LogP contribution in [-0.4, -0.2) is 31.3 Å². The average molecular weight is 380 g/mol. The first-order valence-corrected chi connectivity index (χ1v) is 8.98. The van der Waals surface area contributed by atoms with E-state index in [-0.39, 0.29) is 0 Å². The van der Waals surface area contributed by atoms with E-state index in [2.05, 4.69) is 79.0 Å². The molecule has 0 saturated heterocycles. The van der Waals surface area contributed by atoms with Gasteiger partial charge in [-0.05, 0) is 37.5 Å². The van der Waals surface area contributed by atoms with Crippen molar-refractivity contribution < 1.29 is 21.8 Å². The van der Waals surface area contributed by atoms with Crippen LogP contribution in [0, 0.1) is 20.8 Å². The first kappa shape index (κ1) is 21.0. The number of halogens is 4. The Hall–Kier alpha value is -2.31. The maximum absolute atomic E-state index is 9.75. The summed E-state index contributed by atoms with van der Waals surface area (Å²) in [4.78, 5) is 2.43. The highest BCUT2D eigenvalue weighted by Gasteiger charge is 2.22. The minimum absolute atomic E-state index is 0.987. The zero-order chi connectivity index (χ0) is 20.0. The largest absolute Gasteiger partial charge is 0.673 e. The van der Waals surface area contributed by atoms with E-state index in [0.29, 0.717) is 0 Å². The molecule has 2 aromatic carbocycles. The van der Waals surface area contributed by atoms with Crippen LogP contribution in [0.2, 0.25) is 0 Å². The lowest BCUT2D eigenvalue weighted by molar-refractivity contribution is -0.543. The Morgan fingerprint density at radius 2 is 1.52 bits per heavy atom. The Morgan fingerprint density at radius 3 is 2.07 bits per heavy atom. The number of aryl methyl sites for hydroxylation is 3. The number of rotatable bonds is 3. The lowest BCUT2D eigenvalue weighted by Gasteiger charge is -2.23. The first-order chi connectivity index (χ1) is 12.6. The molecule has 0 radical (unpaired) electrons. The van der Waals surface area contributed by atoms with E-state index < -0.39 is 7.25 Å². The summed E-state index contributed by atoms with van der Waals surface area (Å²) in [6, 6.07) is 15.3. The summed E-state index contributed by atoms with van der Waals surface area (Å²) >= 11 is 0. The van der Waals surface area contributed by atoms with E-state index >= 15 is 0 Å². The first-order valence-electron chi connectivity index (χ1n) is 8.98. The van der Waals surface area contributed by atoms with Crippen molar-refractivity contribution in [3.05, 3.63) is 64.7 Å². The minimum Gasteiger partial charge on any atom is -0.418 e.